The summed E-state index contributed by atoms with van der Waals surface area (Å²) < 4.78 is 1.81. The predicted octanol–water partition coefficient (Wildman–Crippen LogP) is 3.83. The van der Waals surface area contributed by atoms with Gasteiger partial charge in [-0.2, -0.15) is 0 Å². The highest BCUT2D eigenvalue weighted by atomic mass is 16.3. The van der Waals surface area contributed by atoms with Crippen molar-refractivity contribution in [2.75, 3.05) is 5.32 Å². The van der Waals surface area contributed by atoms with Crippen LogP contribution in [0, 0.1) is 5.92 Å². The van der Waals surface area contributed by atoms with Gasteiger partial charge in [0.25, 0.3) is 0 Å². The van der Waals surface area contributed by atoms with Crippen LogP contribution < -0.4 is 5.32 Å². The molecular formula is C18H18N4O. The maximum atomic E-state index is 9.42. The number of anilines is 1. The number of phenolic OH excluding ortho intramolecular Hbond substituents is 1. The van der Waals surface area contributed by atoms with Crippen LogP contribution in [-0.2, 0) is 0 Å². The zero-order valence-electron chi connectivity index (χ0n) is 12.7. The van der Waals surface area contributed by atoms with Gasteiger partial charge in [-0.3, -0.25) is 0 Å². The zero-order valence-corrected chi connectivity index (χ0v) is 12.7. The summed E-state index contributed by atoms with van der Waals surface area (Å²) in [7, 11) is 0. The lowest BCUT2D eigenvalue weighted by Crippen LogP contribution is -2.08. The number of rotatable bonds is 4. The van der Waals surface area contributed by atoms with Gasteiger partial charge in [-0.1, -0.05) is 12.5 Å². The molecule has 4 rings (SSSR count). The molecule has 0 saturated heterocycles. The summed E-state index contributed by atoms with van der Waals surface area (Å²) in [5.41, 5.74) is 2.65. The van der Waals surface area contributed by atoms with Crippen molar-refractivity contribution < 1.29 is 5.11 Å². The molecule has 0 atom stereocenters. The van der Waals surface area contributed by atoms with Gasteiger partial charge in [0, 0.05) is 5.56 Å². The zero-order chi connectivity index (χ0) is 15.6. The Labute approximate surface area is 134 Å². The van der Waals surface area contributed by atoms with Crippen molar-refractivity contribution in [2.45, 2.75) is 19.3 Å². The van der Waals surface area contributed by atoms with E-state index in [-0.39, 0.29) is 5.75 Å². The molecule has 116 valence electrons. The van der Waals surface area contributed by atoms with E-state index in [4.69, 9.17) is 0 Å². The molecule has 1 aromatic carbocycles. The Bertz CT molecular complexity index is 847. The molecule has 23 heavy (non-hydrogen) atoms. The fourth-order valence-electron chi connectivity index (χ4n) is 2.68. The third kappa shape index (κ3) is 2.77. The topological polar surface area (TPSA) is 62.5 Å². The number of nitrogens with one attached hydrogen (secondary N) is 1. The predicted molar refractivity (Wildman–Crippen MR) is 90.2 cm³/mol. The fourth-order valence-corrected chi connectivity index (χ4v) is 2.68. The maximum absolute atomic E-state index is 9.42. The molecule has 0 radical (unpaired) electrons. The second kappa shape index (κ2) is 5.76. The highest BCUT2D eigenvalue weighted by Gasteiger charge is 2.13. The highest BCUT2D eigenvalue weighted by Crippen LogP contribution is 2.27. The second-order valence-corrected chi connectivity index (χ2v) is 5.87. The van der Waals surface area contributed by atoms with Gasteiger partial charge in [0.05, 0.1) is 11.9 Å². The first-order valence-electron chi connectivity index (χ1n) is 7.87. The van der Waals surface area contributed by atoms with E-state index in [1.165, 1.54) is 19.3 Å². The molecular weight excluding hydrogens is 288 g/mol. The van der Waals surface area contributed by atoms with Crippen molar-refractivity contribution in [1.29, 1.82) is 0 Å². The minimum Gasteiger partial charge on any atom is -0.508 e. The van der Waals surface area contributed by atoms with E-state index in [1.807, 2.05) is 35.0 Å². The first-order valence-corrected chi connectivity index (χ1v) is 7.87. The average Bonchev–Trinajstić information content (AvgIpc) is 2.94. The van der Waals surface area contributed by atoms with Crippen molar-refractivity contribution in [3.8, 4) is 17.0 Å². The van der Waals surface area contributed by atoms with E-state index in [2.05, 4.69) is 21.5 Å². The number of fused-ring (bicyclic) bond motifs is 1. The normalized spacial score (nSPS) is 15.1. The minimum atomic E-state index is 0.249. The molecule has 1 aliphatic carbocycles. The van der Waals surface area contributed by atoms with Gasteiger partial charge in [0.15, 0.2) is 11.5 Å². The number of hydrogen-bond donors (Lipinski definition) is 2. The first kappa shape index (κ1) is 13.8. The summed E-state index contributed by atoms with van der Waals surface area (Å²) in [6.45, 7) is 0. The number of nitrogens with zero attached hydrogens (tertiary/aromatic N) is 3. The Morgan fingerprint density at radius 1 is 1.13 bits per heavy atom. The molecule has 2 N–H and O–H groups in total. The van der Waals surface area contributed by atoms with Gasteiger partial charge in [-0.15, -0.1) is 5.10 Å². The van der Waals surface area contributed by atoms with Gasteiger partial charge >= 0.3 is 0 Å². The lowest BCUT2D eigenvalue weighted by Gasteiger charge is -2.21. The van der Waals surface area contributed by atoms with E-state index < -0.39 is 0 Å². The van der Waals surface area contributed by atoms with Crippen molar-refractivity contribution in [2.24, 2.45) is 5.92 Å². The third-order valence-electron chi connectivity index (χ3n) is 4.27. The molecule has 0 aliphatic heterocycles. The quantitative estimate of drug-likeness (QED) is 0.769. The highest BCUT2D eigenvalue weighted by molar-refractivity contribution is 5.64. The smallest absolute Gasteiger partial charge is 0.154 e. The first-order chi connectivity index (χ1) is 11.3. The summed E-state index contributed by atoms with van der Waals surface area (Å²) >= 11 is 0. The molecule has 5 nitrogen and oxygen atoms in total. The van der Waals surface area contributed by atoms with Crippen LogP contribution in [0.25, 0.3) is 16.9 Å². The van der Waals surface area contributed by atoms with Gasteiger partial charge in [0.2, 0.25) is 0 Å². The van der Waals surface area contributed by atoms with Crippen molar-refractivity contribution in [1.82, 2.24) is 14.6 Å². The Morgan fingerprint density at radius 3 is 2.70 bits per heavy atom. The summed E-state index contributed by atoms with van der Waals surface area (Å²) in [6, 6.07) is 10.9. The average molecular weight is 306 g/mol. The summed E-state index contributed by atoms with van der Waals surface area (Å²) in [5, 5.41) is 17.3. The number of allylic oxidation sites excluding steroid dienone is 1. The van der Waals surface area contributed by atoms with Crippen LogP contribution in [0.2, 0.25) is 0 Å². The van der Waals surface area contributed by atoms with E-state index in [9.17, 15) is 5.11 Å². The molecule has 1 aliphatic rings. The maximum Gasteiger partial charge on any atom is 0.154 e. The molecule has 0 bridgehead atoms. The van der Waals surface area contributed by atoms with Gasteiger partial charge < -0.3 is 10.4 Å². The molecule has 0 amide bonds. The van der Waals surface area contributed by atoms with Crippen LogP contribution in [0.5, 0.6) is 5.75 Å². The Kier molecular flexibility index (Phi) is 3.46. The van der Waals surface area contributed by atoms with Crippen LogP contribution >= 0.6 is 0 Å². The Hall–Kier alpha value is -2.82. The lowest BCUT2D eigenvalue weighted by molar-refractivity contribution is 0.387. The van der Waals surface area contributed by atoms with E-state index in [1.54, 1.807) is 18.3 Å². The van der Waals surface area contributed by atoms with Crippen molar-refractivity contribution in [3.63, 3.8) is 0 Å². The monoisotopic (exact) mass is 306 g/mol. The minimum absolute atomic E-state index is 0.249. The van der Waals surface area contributed by atoms with E-state index in [0.717, 1.165) is 22.7 Å². The Balaban J connectivity index is 1.62. The molecule has 0 spiro atoms. The number of benzene rings is 1. The fraction of sp³-hybridized carbons (Fsp3) is 0.222. The van der Waals surface area contributed by atoms with Crippen LogP contribution in [0.3, 0.4) is 0 Å². The summed E-state index contributed by atoms with van der Waals surface area (Å²) in [5.74, 6) is 1.75. The van der Waals surface area contributed by atoms with E-state index >= 15 is 0 Å². The SMILES string of the molecule is Oc1ccc(-c2cnc3ccc(N/C=C\C4CCC4)nn23)cc1. The van der Waals surface area contributed by atoms with Crippen LogP contribution in [-0.4, -0.2) is 19.7 Å². The van der Waals surface area contributed by atoms with Crippen LogP contribution in [0.1, 0.15) is 19.3 Å². The number of imidazole rings is 1. The number of aromatic hydroxyl groups is 1. The van der Waals surface area contributed by atoms with Crippen molar-refractivity contribution >= 4 is 11.5 Å². The van der Waals surface area contributed by atoms with Gasteiger partial charge in [0.1, 0.15) is 5.75 Å². The molecule has 1 fully saturated rings. The summed E-state index contributed by atoms with van der Waals surface area (Å²) in [4.78, 5) is 4.38. The largest absolute Gasteiger partial charge is 0.508 e. The van der Waals surface area contributed by atoms with Gasteiger partial charge in [-0.25, -0.2) is 9.50 Å². The standard InChI is InChI=1S/C18H18N4O/c23-15-6-4-14(5-7-15)16-12-20-18-9-8-17(21-22(16)18)19-11-10-13-2-1-3-13/h4-13,23H,1-3H2,(H,19,21)/b11-10-. The summed E-state index contributed by atoms with van der Waals surface area (Å²) in [6.07, 6.45) is 9.90. The van der Waals surface area contributed by atoms with E-state index in [0.29, 0.717) is 5.92 Å². The lowest BCUT2D eigenvalue weighted by atomic mass is 9.86. The second-order valence-electron chi connectivity index (χ2n) is 5.87. The number of phenols is 1. The van der Waals surface area contributed by atoms with Crippen LogP contribution in [0.15, 0.2) is 54.9 Å². The molecule has 1 saturated carbocycles. The van der Waals surface area contributed by atoms with Gasteiger partial charge in [-0.05, 0) is 61.4 Å². The molecule has 3 aromatic rings. The molecule has 5 heteroatoms. The molecule has 2 heterocycles. The molecule has 2 aromatic heterocycles. The number of hydrogen-bond acceptors (Lipinski definition) is 4. The molecule has 0 unspecified atom stereocenters. The van der Waals surface area contributed by atoms with Crippen LogP contribution in [0.4, 0.5) is 5.82 Å². The van der Waals surface area contributed by atoms with Crippen molar-refractivity contribution in [3.05, 3.63) is 54.9 Å². The Morgan fingerprint density at radius 2 is 1.96 bits per heavy atom. The number of aromatic nitrogens is 3. The third-order valence-corrected chi connectivity index (χ3v) is 4.27.